The lowest BCUT2D eigenvalue weighted by atomic mass is 9.98. The van der Waals surface area contributed by atoms with E-state index in [0.717, 1.165) is 42.6 Å². The number of H-pyrrole nitrogens is 1. The predicted molar refractivity (Wildman–Crippen MR) is 121 cm³/mol. The Morgan fingerprint density at radius 3 is 2.53 bits per heavy atom. The molecule has 0 bridgehead atoms. The number of hydrogen-bond acceptors (Lipinski definition) is 7. The van der Waals surface area contributed by atoms with Gasteiger partial charge in [-0.15, -0.1) is 0 Å². The molecule has 1 saturated heterocycles. The number of methoxy groups -OCH3 is 3. The van der Waals surface area contributed by atoms with Gasteiger partial charge in [0.15, 0.2) is 11.5 Å². The summed E-state index contributed by atoms with van der Waals surface area (Å²) < 4.78 is 16.5. The zero-order valence-electron chi connectivity index (χ0n) is 18.6. The van der Waals surface area contributed by atoms with Crippen LogP contribution in [0.4, 0.5) is 0 Å². The molecule has 0 unspecified atom stereocenters. The van der Waals surface area contributed by atoms with Gasteiger partial charge in [0.05, 0.1) is 33.1 Å². The third kappa shape index (κ3) is 4.60. The fourth-order valence-electron chi connectivity index (χ4n) is 4.26. The minimum Gasteiger partial charge on any atom is -0.493 e. The number of ether oxygens (including phenoxy) is 3. The average molecular weight is 437 g/mol. The Kier molecular flexibility index (Phi) is 6.70. The van der Waals surface area contributed by atoms with E-state index in [1.807, 2.05) is 24.3 Å². The van der Waals surface area contributed by atoms with Crippen molar-refractivity contribution in [2.24, 2.45) is 0 Å². The maximum absolute atomic E-state index is 12.4. The summed E-state index contributed by atoms with van der Waals surface area (Å²) >= 11 is 0. The highest BCUT2D eigenvalue weighted by atomic mass is 16.5. The van der Waals surface area contributed by atoms with Crippen molar-refractivity contribution in [1.82, 2.24) is 19.9 Å². The van der Waals surface area contributed by atoms with Crippen LogP contribution in [0, 0.1) is 0 Å². The van der Waals surface area contributed by atoms with Crippen molar-refractivity contribution in [2.75, 3.05) is 27.9 Å². The molecule has 0 amide bonds. The standard InChI is InChI=1S/C24H28N4O4/c1-30-20-11-16(12-21(31-2)23(20)32-3)15-28-10-5-4-8-19(28)18-13-22(29)27-24(26-18)17-7-6-9-25-14-17/h6-7,9,11-14,19H,4-5,8,10,15H2,1-3H3,(H,26,27,29)/t19-/m1/s1. The summed E-state index contributed by atoms with van der Waals surface area (Å²) in [5.41, 5.74) is 2.45. The number of piperidine rings is 1. The molecular weight excluding hydrogens is 408 g/mol. The molecule has 168 valence electrons. The quantitative estimate of drug-likeness (QED) is 0.605. The van der Waals surface area contributed by atoms with Crippen molar-refractivity contribution in [2.45, 2.75) is 31.8 Å². The van der Waals surface area contributed by atoms with Crippen LogP contribution in [0.5, 0.6) is 17.2 Å². The maximum Gasteiger partial charge on any atom is 0.251 e. The van der Waals surface area contributed by atoms with Crippen LogP contribution in [0.2, 0.25) is 0 Å². The summed E-state index contributed by atoms with van der Waals surface area (Å²) in [5.74, 6) is 2.37. The zero-order valence-corrected chi connectivity index (χ0v) is 18.6. The van der Waals surface area contributed by atoms with E-state index in [2.05, 4.69) is 14.9 Å². The Morgan fingerprint density at radius 1 is 1.09 bits per heavy atom. The molecule has 1 N–H and O–H groups in total. The van der Waals surface area contributed by atoms with E-state index in [0.29, 0.717) is 29.6 Å². The van der Waals surface area contributed by atoms with Gasteiger partial charge in [-0.05, 0) is 49.2 Å². The molecule has 1 aliphatic heterocycles. The van der Waals surface area contributed by atoms with Gasteiger partial charge in [-0.25, -0.2) is 4.98 Å². The van der Waals surface area contributed by atoms with Gasteiger partial charge >= 0.3 is 0 Å². The second kappa shape index (κ2) is 9.82. The molecule has 0 saturated carbocycles. The van der Waals surface area contributed by atoms with E-state index in [1.54, 1.807) is 39.8 Å². The molecule has 1 atom stereocenters. The largest absolute Gasteiger partial charge is 0.493 e. The number of aromatic nitrogens is 3. The number of aromatic amines is 1. The van der Waals surface area contributed by atoms with Gasteiger partial charge in [-0.3, -0.25) is 14.7 Å². The van der Waals surface area contributed by atoms with Crippen molar-refractivity contribution in [1.29, 1.82) is 0 Å². The first-order valence-corrected chi connectivity index (χ1v) is 10.7. The topological polar surface area (TPSA) is 89.6 Å². The Balaban J connectivity index is 1.66. The molecule has 2 aromatic heterocycles. The lowest BCUT2D eigenvalue weighted by Crippen LogP contribution is -2.34. The molecule has 0 aliphatic carbocycles. The lowest BCUT2D eigenvalue weighted by Gasteiger charge is -2.35. The number of nitrogens with one attached hydrogen (secondary N) is 1. The smallest absolute Gasteiger partial charge is 0.251 e. The molecule has 1 aromatic carbocycles. The average Bonchev–Trinajstić information content (AvgIpc) is 2.83. The maximum atomic E-state index is 12.4. The fourth-order valence-corrected chi connectivity index (χ4v) is 4.26. The molecular formula is C24H28N4O4. The third-order valence-corrected chi connectivity index (χ3v) is 5.76. The molecule has 3 aromatic rings. The Hall–Kier alpha value is -3.39. The van der Waals surface area contributed by atoms with Gasteiger partial charge < -0.3 is 19.2 Å². The lowest BCUT2D eigenvalue weighted by molar-refractivity contribution is 0.137. The van der Waals surface area contributed by atoms with Crippen LogP contribution in [0.15, 0.2) is 47.5 Å². The Labute approximate surface area is 187 Å². The minimum absolute atomic E-state index is 0.0422. The number of nitrogens with zero attached hydrogens (tertiary/aromatic N) is 3. The summed E-state index contributed by atoms with van der Waals surface area (Å²) in [6.45, 7) is 1.59. The van der Waals surface area contributed by atoms with Crippen LogP contribution in [0.3, 0.4) is 0 Å². The van der Waals surface area contributed by atoms with E-state index in [9.17, 15) is 4.79 Å². The first-order chi connectivity index (χ1) is 15.6. The summed E-state index contributed by atoms with van der Waals surface area (Å²) in [5, 5.41) is 0. The molecule has 0 spiro atoms. The summed E-state index contributed by atoms with van der Waals surface area (Å²) in [7, 11) is 4.83. The number of benzene rings is 1. The van der Waals surface area contributed by atoms with E-state index in [4.69, 9.17) is 19.2 Å². The highest BCUT2D eigenvalue weighted by Crippen LogP contribution is 2.39. The van der Waals surface area contributed by atoms with Crippen LogP contribution in [0.25, 0.3) is 11.4 Å². The highest BCUT2D eigenvalue weighted by molar-refractivity contribution is 5.54. The molecule has 4 rings (SSSR count). The van der Waals surface area contributed by atoms with Crippen LogP contribution in [0.1, 0.15) is 36.6 Å². The van der Waals surface area contributed by atoms with Gasteiger partial charge in [-0.1, -0.05) is 6.42 Å². The Bertz CT molecular complexity index is 1090. The molecule has 32 heavy (non-hydrogen) atoms. The minimum atomic E-state index is -0.160. The SMILES string of the molecule is COc1cc(CN2CCCC[C@@H]2c2cc(=O)[nH]c(-c3cccnc3)n2)cc(OC)c1OC. The van der Waals surface area contributed by atoms with E-state index in [-0.39, 0.29) is 11.6 Å². The van der Waals surface area contributed by atoms with Crippen molar-refractivity contribution >= 4 is 0 Å². The van der Waals surface area contributed by atoms with Crippen LogP contribution < -0.4 is 19.8 Å². The van der Waals surface area contributed by atoms with Crippen molar-refractivity contribution in [3.05, 3.63) is 64.3 Å². The van der Waals surface area contributed by atoms with E-state index >= 15 is 0 Å². The molecule has 3 heterocycles. The van der Waals surface area contributed by atoms with Crippen molar-refractivity contribution < 1.29 is 14.2 Å². The first kappa shape index (κ1) is 21.8. The molecule has 1 fully saturated rings. The van der Waals surface area contributed by atoms with Gasteiger partial charge in [-0.2, -0.15) is 0 Å². The molecule has 8 nitrogen and oxygen atoms in total. The number of rotatable bonds is 7. The predicted octanol–water partition coefficient (Wildman–Crippen LogP) is 3.58. The number of pyridine rings is 1. The normalized spacial score (nSPS) is 16.5. The van der Waals surface area contributed by atoms with E-state index in [1.165, 1.54) is 0 Å². The molecule has 1 aliphatic rings. The van der Waals surface area contributed by atoms with Crippen molar-refractivity contribution in [3.63, 3.8) is 0 Å². The fraction of sp³-hybridized carbons (Fsp3) is 0.375. The summed E-state index contributed by atoms with van der Waals surface area (Å²) in [4.78, 5) is 26.6. The first-order valence-electron chi connectivity index (χ1n) is 10.7. The van der Waals surface area contributed by atoms with Crippen molar-refractivity contribution in [3.8, 4) is 28.6 Å². The highest BCUT2D eigenvalue weighted by Gasteiger charge is 2.27. The summed E-state index contributed by atoms with van der Waals surface area (Å²) in [6.07, 6.45) is 6.53. The monoisotopic (exact) mass is 436 g/mol. The second-order valence-corrected chi connectivity index (χ2v) is 7.78. The van der Waals surface area contributed by atoms with Gasteiger partial charge in [0, 0.05) is 30.6 Å². The van der Waals surface area contributed by atoms with Gasteiger partial charge in [0.25, 0.3) is 5.56 Å². The van der Waals surface area contributed by atoms with Crippen LogP contribution in [-0.4, -0.2) is 47.7 Å². The zero-order chi connectivity index (χ0) is 22.5. The Morgan fingerprint density at radius 2 is 1.88 bits per heavy atom. The van der Waals surface area contributed by atoms with Gasteiger partial charge in [0.1, 0.15) is 5.82 Å². The third-order valence-electron chi connectivity index (χ3n) is 5.76. The molecule has 8 heteroatoms. The van der Waals surface area contributed by atoms with E-state index < -0.39 is 0 Å². The molecule has 0 radical (unpaired) electrons. The number of hydrogen-bond donors (Lipinski definition) is 1. The van der Waals surface area contributed by atoms with Gasteiger partial charge in [0.2, 0.25) is 5.75 Å². The second-order valence-electron chi connectivity index (χ2n) is 7.78. The van der Waals surface area contributed by atoms with Crippen LogP contribution >= 0.6 is 0 Å². The summed E-state index contributed by atoms with van der Waals surface area (Å²) in [6, 6.07) is 9.32. The van der Waals surface area contributed by atoms with Crippen LogP contribution in [-0.2, 0) is 6.54 Å². The number of likely N-dealkylation sites (tertiary alicyclic amines) is 1.